The highest BCUT2D eigenvalue weighted by Gasteiger charge is 2.24. The zero-order valence-electron chi connectivity index (χ0n) is 14.5. The van der Waals surface area contributed by atoms with Gasteiger partial charge in [0.2, 0.25) is 0 Å². The predicted molar refractivity (Wildman–Crippen MR) is 98.0 cm³/mol. The van der Waals surface area contributed by atoms with E-state index in [1.807, 2.05) is 49.5 Å². The molecule has 1 fully saturated rings. The van der Waals surface area contributed by atoms with Crippen LogP contribution in [-0.2, 0) is 0 Å². The van der Waals surface area contributed by atoms with Crippen LogP contribution in [0.4, 0.5) is 4.79 Å². The fourth-order valence-corrected chi connectivity index (χ4v) is 3.27. The molecule has 3 rings (SSSR count). The van der Waals surface area contributed by atoms with Gasteiger partial charge < -0.3 is 15.7 Å². The molecule has 1 heterocycles. The Morgan fingerprint density at radius 3 is 2.60 bits per heavy atom. The fourth-order valence-electron chi connectivity index (χ4n) is 3.27. The second-order valence-electron chi connectivity index (χ2n) is 6.66. The minimum atomic E-state index is -0.437. The maximum atomic E-state index is 12.2. The second kappa shape index (κ2) is 8.12. The first kappa shape index (κ1) is 17.4. The number of urea groups is 1. The number of nitrogens with one attached hydrogen (secondary N) is 2. The summed E-state index contributed by atoms with van der Waals surface area (Å²) >= 11 is 0. The number of aliphatic hydroxyl groups is 1. The molecule has 0 unspecified atom stereocenters. The smallest absolute Gasteiger partial charge is 0.315 e. The average Bonchev–Trinajstić information content (AvgIpc) is 2.64. The molecule has 3 N–H and O–H groups in total. The molecule has 25 heavy (non-hydrogen) atoms. The lowest BCUT2D eigenvalue weighted by atomic mass is 9.93. The number of benzene rings is 1. The van der Waals surface area contributed by atoms with E-state index in [4.69, 9.17) is 0 Å². The third kappa shape index (κ3) is 4.57. The average molecular weight is 339 g/mol. The minimum Gasteiger partial charge on any atom is -0.391 e. The molecule has 1 saturated carbocycles. The van der Waals surface area contributed by atoms with E-state index >= 15 is 0 Å². The Morgan fingerprint density at radius 1 is 1.16 bits per heavy atom. The summed E-state index contributed by atoms with van der Waals surface area (Å²) in [5, 5.41) is 15.8. The van der Waals surface area contributed by atoms with Gasteiger partial charge in [0.25, 0.3) is 0 Å². The van der Waals surface area contributed by atoms with Crippen LogP contribution in [0.3, 0.4) is 0 Å². The van der Waals surface area contributed by atoms with Crippen LogP contribution in [0, 0.1) is 0 Å². The zero-order chi connectivity index (χ0) is 17.6. The Hall–Kier alpha value is -2.40. The van der Waals surface area contributed by atoms with Crippen LogP contribution in [0.1, 0.15) is 44.2 Å². The lowest BCUT2D eigenvalue weighted by molar-refractivity contribution is 0.0941. The summed E-state index contributed by atoms with van der Waals surface area (Å²) in [5.74, 6) is 0. The van der Waals surface area contributed by atoms with Crippen molar-refractivity contribution >= 4 is 6.03 Å². The monoisotopic (exact) mass is 339 g/mol. The molecule has 3 atom stereocenters. The number of carbonyl (C=O) groups excluding carboxylic acids is 1. The highest BCUT2D eigenvalue weighted by Crippen LogP contribution is 2.21. The largest absolute Gasteiger partial charge is 0.391 e. The van der Waals surface area contributed by atoms with Crippen molar-refractivity contribution in [1.29, 1.82) is 0 Å². The van der Waals surface area contributed by atoms with Gasteiger partial charge in [-0.05, 0) is 42.5 Å². The number of carbonyl (C=O) groups is 1. The standard InChI is InChI=1S/C20H25N3O2/c1-14(22-20(25)23-18-6-2-3-7-19(18)24)15-8-10-16(11-9-15)17-5-4-12-21-13-17/h4-5,8-14,18-19,24H,2-3,6-7H2,1H3,(H2,22,23,25)/t14-,18+,19-/m0/s1. The molecule has 0 spiro atoms. The number of rotatable bonds is 4. The molecule has 0 radical (unpaired) electrons. The first-order valence-electron chi connectivity index (χ1n) is 8.89. The molecule has 0 saturated heterocycles. The summed E-state index contributed by atoms with van der Waals surface area (Å²) < 4.78 is 0. The molecular weight excluding hydrogens is 314 g/mol. The topological polar surface area (TPSA) is 74.2 Å². The molecule has 2 amide bonds. The van der Waals surface area contributed by atoms with E-state index in [0.29, 0.717) is 0 Å². The van der Waals surface area contributed by atoms with Crippen LogP contribution in [0.5, 0.6) is 0 Å². The van der Waals surface area contributed by atoms with Gasteiger partial charge in [0, 0.05) is 12.4 Å². The molecule has 1 aromatic carbocycles. The highest BCUT2D eigenvalue weighted by atomic mass is 16.3. The molecule has 5 heteroatoms. The number of aromatic nitrogens is 1. The maximum absolute atomic E-state index is 12.2. The van der Waals surface area contributed by atoms with Crippen LogP contribution in [-0.4, -0.2) is 28.3 Å². The molecule has 2 aromatic rings. The van der Waals surface area contributed by atoms with Crippen molar-refractivity contribution in [3.8, 4) is 11.1 Å². The summed E-state index contributed by atoms with van der Waals surface area (Å²) in [7, 11) is 0. The van der Waals surface area contributed by atoms with Crippen LogP contribution >= 0.6 is 0 Å². The lowest BCUT2D eigenvalue weighted by Gasteiger charge is -2.29. The summed E-state index contributed by atoms with van der Waals surface area (Å²) in [6.07, 6.45) is 6.83. The van der Waals surface area contributed by atoms with E-state index in [1.54, 1.807) is 6.20 Å². The number of hydrogen-bond donors (Lipinski definition) is 3. The SMILES string of the molecule is C[C@H](NC(=O)N[C@@H]1CCCC[C@@H]1O)c1ccc(-c2cccnc2)cc1. The van der Waals surface area contributed by atoms with E-state index in [9.17, 15) is 9.90 Å². The van der Waals surface area contributed by atoms with E-state index in [-0.39, 0.29) is 18.1 Å². The van der Waals surface area contributed by atoms with Gasteiger partial charge in [-0.25, -0.2) is 4.79 Å². The molecule has 1 aliphatic carbocycles. The van der Waals surface area contributed by atoms with Crippen molar-refractivity contribution in [1.82, 2.24) is 15.6 Å². The Balaban J connectivity index is 1.57. The summed E-state index contributed by atoms with van der Waals surface area (Å²) in [6, 6.07) is 11.6. The van der Waals surface area contributed by atoms with Gasteiger partial charge in [0.05, 0.1) is 18.2 Å². The van der Waals surface area contributed by atoms with E-state index < -0.39 is 6.10 Å². The van der Waals surface area contributed by atoms with Crippen molar-refractivity contribution in [3.05, 3.63) is 54.4 Å². The lowest BCUT2D eigenvalue weighted by Crippen LogP contribution is -2.49. The van der Waals surface area contributed by atoms with Crippen molar-refractivity contribution in [2.24, 2.45) is 0 Å². The second-order valence-corrected chi connectivity index (χ2v) is 6.66. The van der Waals surface area contributed by atoms with Gasteiger partial charge in [-0.2, -0.15) is 0 Å². The van der Waals surface area contributed by atoms with Crippen LogP contribution in [0.2, 0.25) is 0 Å². The molecule has 5 nitrogen and oxygen atoms in total. The van der Waals surface area contributed by atoms with Crippen LogP contribution in [0.25, 0.3) is 11.1 Å². The van der Waals surface area contributed by atoms with Gasteiger partial charge >= 0.3 is 6.03 Å². The highest BCUT2D eigenvalue weighted by molar-refractivity contribution is 5.75. The van der Waals surface area contributed by atoms with Crippen molar-refractivity contribution in [2.45, 2.75) is 50.8 Å². The third-order valence-corrected chi connectivity index (χ3v) is 4.80. The van der Waals surface area contributed by atoms with Gasteiger partial charge in [-0.1, -0.05) is 43.2 Å². The van der Waals surface area contributed by atoms with Gasteiger partial charge in [0.15, 0.2) is 0 Å². The number of pyridine rings is 1. The van der Waals surface area contributed by atoms with Crippen molar-refractivity contribution < 1.29 is 9.90 Å². The van der Waals surface area contributed by atoms with E-state index in [1.165, 1.54) is 0 Å². The first-order chi connectivity index (χ1) is 12.1. The molecule has 1 aliphatic rings. The molecule has 132 valence electrons. The van der Waals surface area contributed by atoms with E-state index in [0.717, 1.165) is 42.4 Å². The maximum Gasteiger partial charge on any atom is 0.315 e. The number of aliphatic hydroxyl groups excluding tert-OH is 1. The summed E-state index contributed by atoms with van der Waals surface area (Å²) in [5.41, 5.74) is 3.20. The Morgan fingerprint density at radius 2 is 1.92 bits per heavy atom. The number of amides is 2. The third-order valence-electron chi connectivity index (χ3n) is 4.80. The predicted octanol–water partition coefficient (Wildman–Crippen LogP) is 3.41. The first-order valence-corrected chi connectivity index (χ1v) is 8.89. The van der Waals surface area contributed by atoms with Gasteiger partial charge in [0.1, 0.15) is 0 Å². The Kier molecular flexibility index (Phi) is 5.66. The van der Waals surface area contributed by atoms with Gasteiger partial charge in [-0.3, -0.25) is 4.98 Å². The fraction of sp³-hybridized carbons (Fsp3) is 0.400. The van der Waals surface area contributed by atoms with Gasteiger partial charge in [-0.15, -0.1) is 0 Å². The Bertz CT molecular complexity index is 688. The normalized spacial score (nSPS) is 21.4. The van der Waals surface area contributed by atoms with Crippen LogP contribution in [0.15, 0.2) is 48.8 Å². The zero-order valence-corrected chi connectivity index (χ0v) is 14.5. The molecule has 0 bridgehead atoms. The molecular formula is C20H25N3O2. The van der Waals surface area contributed by atoms with Crippen LogP contribution < -0.4 is 10.6 Å². The molecule has 0 aliphatic heterocycles. The van der Waals surface area contributed by atoms with E-state index in [2.05, 4.69) is 15.6 Å². The summed E-state index contributed by atoms with van der Waals surface area (Å²) in [4.78, 5) is 16.3. The Labute approximate surface area is 148 Å². The van der Waals surface area contributed by atoms with Crippen molar-refractivity contribution in [3.63, 3.8) is 0 Å². The quantitative estimate of drug-likeness (QED) is 0.799. The van der Waals surface area contributed by atoms with Crippen molar-refractivity contribution in [2.75, 3.05) is 0 Å². The minimum absolute atomic E-state index is 0.108. The summed E-state index contributed by atoms with van der Waals surface area (Å²) in [6.45, 7) is 1.95. The number of nitrogens with zero attached hydrogens (tertiary/aromatic N) is 1. The number of hydrogen-bond acceptors (Lipinski definition) is 3. The molecule has 1 aromatic heterocycles.